The van der Waals surface area contributed by atoms with E-state index >= 15 is 0 Å². The van der Waals surface area contributed by atoms with Gasteiger partial charge in [0.25, 0.3) is 0 Å². The van der Waals surface area contributed by atoms with Crippen LogP contribution in [-0.4, -0.2) is 16.1 Å². The number of oxazole rings is 1. The van der Waals surface area contributed by atoms with Crippen LogP contribution in [0, 0.1) is 5.82 Å². The molecule has 1 N–H and O–H groups in total. The number of hydrogen-bond acceptors (Lipinski definition) is 3. The highest BCUT2D eigenvalue weighted by Gasteiger charge is 2.14. The van der Waals surface area contributed by atoms with E-state index in [-0.39, 0.29) is 5.82 Å². The van der Waals surface area contributed by atoms with Gasteiger partial charge in [0.1, 0.15) is 11.3 Å². The number of hydrogen-bond donors (Lipinski definition) is 1. The molecule has 1 heterocycles. The van der Waals surface area contributed by atoms with Crippen LogP contribution in [0.15, 0.2) is 59.3 Å². The molecule has 0 fully saturated rings. The first kappa shape index (κ1) is 14.7. The maximum atomic E-state index is 11.9. The van der Waals surface area contributed by atoms with Crippen LogP contribution < -0.4 is 0 Å². The largest absolute Gasteiger partial charge is 0.481 e. The van der Waals surface area contributed by atoms with Gasteiger partial charge in [-0.05, 0) is 36.8 Å². The van der Waals surface area contributed by atoms with Crippen molar-refractivity contribution in [2.45, 2.75) is 12.8 Å². The third kappa shape index (κ3) is 3.89. The zero-order valence-corrected chi connectivity index (χ0v) is 11.4. The number of benzene rings is 2. The normalized spacial score (nSPS) is 11.5. The number of nitrogens with zero attached hydrogens (tertiary/aromatic N) is 1. The van der Waals surface area contributed by atoms with Gasteiger partial charge in [-0.2, -0.15) is 0 Å². The molecule has 1 atom stereocenters. The molecule has 0 aliphatic carbocycles. The van der Waals surface area contributed by atoms with Gasteiger partial charge >= 0.3 is 5.97 Å². The molecule has 1 unspecified atom stereocenters. The van der Waals surface area contributed by atoms with E-state index in [2.05, 4.69) is 4.98 Å². The van der Waals surface area contributed by atoms with Crippen molar-refractivity contribution in [2.24, 2.45) is 0 Å². The minimum Gasteiger partial charge on any atom is -0.481 e. The average molecular weight is 287 g/mol. The summed E-state index contributed by atoms with van der Waals surface area (Å²) in [5.41, 5.74) is 2.10. The number of fused-ring (bicyclic) bond motifs is 1. The quantitative estimate of drug-likeness (QED) is 0.777. The number of halogens is 1. The molecule has 0 radical (unpaired) electrons. The maximum Gasteiger partial charge on any atom is 0.310 e. The summed E-state index contributed by atoms with van der Waals surface area (Å²) in [5, 5.41) is 8.81. The zero-order chi connectivity index (χ0) is 15.2. The summed E-state index contributed by atoms with van der Waals surface area (Å²) >= 11 is 0. The van der Waals surface area contributed by atoms with Crippen molar-refractivity contribution in [3.63, 3.8) is 0 Å². The lowest BCUT2D eigenvalue weighted by Crippen LogP contribution is -2.06. The lowest BCUT2D eigenvalue weighted by Gasteiger charge is -2.04. The minimum atomic E-state index is -0.840. The van der Waals surface area contributed by atoms with E-state index in [1.807, 2.05) is 0 Å². The van der Waals surface area contributed by atoms with Crippen LogP contribution in [0.25, 0.3) is 11.1 Å². The number of aliphatic carboxylic acids is 1. The topological polar surface area (TPSA) is 63.3 Å². The minimum absolute atomic E-state index is 0.178. The van der Waals surface area contributed by atoms with Gasteiger partial charge < -0.3 is 9.52 Å². The summed E-state index contributed by atoms with van der Waals surface area (Å²) in [5.74, 6) is -1.54. The first-order chi connectivity index (χ1) is 10.1. The molecule has 21 heavy (non-hydrogen) atoms. The molecule has 5 heteroatoms. The van der Waals surface area contributed by atoms with Gasteiger partial charge in [-0.1, -0.05) is 24.3 Å². The monoisotopic (exact) mass is 287 g/mol. The lowest BCUT2D eigenvalue weighted by molar-refractivity contribution is -0.138. The summed E-state index contributed by atoms with van der Waals surface area (Å²) in [6.07, 6.45) is 1.35. The zero-order valence-electron chi connectivity index (χ0n) is 11.4. The smallest absolute Gasteiger partial charge is 0.310 e. The molecule has 0 spiro atoms. The SMILES string of the molecule is CC(C(=O)O)c1ccc2ocnc2c1.Fc1ccccc1. The molecule has 0 bridgehead atoms. The highest BCUT2D eigenvalue weighted by Crippen LogP contribution is 2.20. The maximum absolute atomic E-state index is 11.9. The van der Waals surface area contributed by atoms with E-state index in [0.29, 0.717) is 11.1 Å². The highest BCUT2D eigenvalue weighted by molar-refractivity contribution is 5.79. The molecule has 0 saturated carbocycles. The van der Waals surface area contributed by atoms with Crippen LogP contribution in [0.1, 0.15) is 18.4 Å². The van der Waals surface area contributed by atoms with Crippen LogP contribution in [0.3, 0.4) is 0 Å². The predicted octanol–water partition coefficient (Wildman–Crippen LogP) is 3.84. The Bertz CT molecular complexity index is 724. The number of rotatable bonds is 2. The number of carboxylic acids is 1. The Balaban J connectivity index is 0.000000194. The van der Waals surface area contributed by atoms with Crippen LogP contribution in [0.5, 0.6) is 0 Å². The van der Waals surface area contributed by atoms with E-state index in [1.165, 1.54) is 18.5 Å². The molecule has 4 nitrogen and oxygen atoms in total. The van der Waals surface area contributed by atoms with Crippen molar-refractivity contribution >= 4 is 17.1 Å². The van der Waals surface area contributed by atoms with Crippen molar-refractivity contribution in [1.29, 1.82) is 0 Å². The Labute approximate surface area is 120 Å². The highest BCUT2D eigenvalue weighted by atomic mass is 19.1. The Hall–Kier alpha value is -2.69. The third-order valence-electron chi connectivity index (χ3n) is 2.96. The summed E-state index contributed by atoms with van der Waals surface area (Å²) in [4.78, 5) is 14.7. The molecule has 108 valence electrons. The fourth-order valence-corrected chi connectivity index (χ4v) is 1.70. The average Bonchev–Trinajstić information content (AvgIpc) is 2.95. The van der Waals surface area contributed by atoms with Crippen LogP contribution in [0.4, 0.5) is 4.39 Å². The molecular formula is C16H14FNO3. The first-order valence-electron chi connectivity index (χ1n) is 6.34. The van der Waals surface area contributed by atoms with E-state index in [0.717, 1.165) is 5.56 Å². The van der Waals surface area contributed by atoms with Gasteiger partial charge in [-0.25, -0.2) is 9.37 Å². The van der Waals surface area contributed by atoms with Gasteiger partial charge in [-0.3, -0.25) is 4.79 Å². The summed E-state index contributed by atoms with van der Waals surface area (Å²) in [6, 6.07) is 13.1. The molecule has 3 rings (SSSR count). The van der Waals surface area contributed by atoms with Crippen LogP contribution in [0.2, 0.25) is 0 Å². The Morgan fingerprint density at radius 3 is 2.52 bits per heavy atom. The van der Waals surface area contributed by atoms with E-state index in [4.69, 9.17) is 9.52 Å². The lowest BCUT2D eigenvalue weighted by atomic mass is 10.0. The van der Waals surface area contributed by atoms with Crippen LogP contribution in [-0.2, 0) is 4.79 Å². The number of carboxylic acid groups (broad SMARTS) is 1. The molecule has 0 aliphatic rings. The number of carbonyl (C=O) groups is 1. The van der Waals surface area contributed by atoms with Gasteiger partial charge in [0.05, 0.1) is 5.92 Å². The third-order valence-corrected chi connectivity index (χ3v) is 2.96. The molecule has 1 aromatic heterocycles. The second-order valence-electron chi connectivity index (χ2n) is 4.44. The molecule has 0 amide bonds. The molecule has 3 aromatic rings. The molecule has 0 aliphatic heterocycles. The van der Waals surface area contributed by atoms with Gasteiger partial charge in [0, 0.05) is 0 Å². The number of aromatic nitrogens is 1. The van der Waals surface area contributed by atoms with Gasteiger partial charge in [0.15, 0.2) is 12.0 Å². The fourth-order valence-electron chi connectivity index (χ4n) is 1.70. The second kappa shape index (κ2) is 6.65. The predicted molar refractivity (Wildman–Crippen MR) is 76.5 cm³/mol. The van der Waals surface area contributed by atoms with Crippen molar-refractivity contribution in [1.82, 2.24) is 4.98 Å². The fraction of sp³-hybridized carbons (Fsp3) is 0.125. The summed E-state index contributed by atoms with van der Waals surface area (Å²) in [7, 11) is 0. The van der Waals surface area contributed by atoms with Gasteiger partial charge in [0.2, 0.25) is 0 Å². The van der Waals surface area contributed by atoms with E-state index in [1.54, 1.807) is 43.3 Å². The van der Waals surface area contributed by atoms with E-state index in [9.17, 15) is 9.18 Å². The van der Waals surface area contributed by atoms with Gasteiger partial charge in [-0.15, -0.1) is 0 Å². The summed E-state index contributed by atoms with van der Waals surface area (Å²) in [6.45, 7) is 1.64. The Morgan fingerprint density at radius 2 is 1.95 bits per heavy atom. The molecule has 2 aromatic carbocycles. The van der Waals surface area contributed by atoms with Crippen molar-refractivity contribution in [2.75, 3.05) is 0 Å². The van der Waals surface area contributed by atoms with Crippen LogP contribution >= 0.6 is 0 Å². The van der Waals surface area contributed by atoms with Crippen molar-refractivity contribution < 1.29 is 18.7 Å². The van der Waals surface area contributed by atoms with Crippen molar-refractivity contribution in [3.05, 3.63) is 66.3 Å². The summed E-state index contributed by atoms with van der Waals surface area (Å²) < 4.78 is 17.0. The Kier molecular flexibility index (Phi) is 4.66. The first-order valence-corrected chi connectivity index (χ1v) is 6.34. The molecule has 0 saturated heterocycles. The van der Waals surface area contributed by atoms with Crippen molar-refractivity contribution in [3.8, 4) is 0 Å². The van der Waals surface area contributed by atoms with E-state index < -0.39 is 11.9 Å². The molecular weight excluding hydrogens is 273 g/mol. The standard InChI is InChI=1S/C10H9NO3.C6H5F/c1-6(10(12)13)7-2-3-9-8(4-7)11-5-14-9;7-6-4-2-1-3-5-6/h2-6H,1H3,(H,12,13);1-5H. The Morgan fingerprint density at radius 1 is 1.24 bits per heavy atom. The second-order valence-corrected chi connectivity index (χ2v) is 4.44.